The molecule has 0 saturated carbocycles. The number of nitrogens with one attached hydrogen (secondary N) is 2. The van der Waals surface area contributed by atoms with Gasteiger partial charge in [-0.1, -0.05) is 36.4 Å². The molecule has 146 valence electrons. The predicted octanol–water partition coefficient (Wildman–Crippen LogP) is 2.65. The Hall–Kier alpha value is -3.32. The van der Waals surface area contributed by atoms with Crippen molar-refractivity contribution in [2.75, 3.05) is 18.4 Å². The zero-order valence-electron chi connectivity index (χ0n) is 15.7. The average Bonchev–Trinajstić information content (AvgIpc) is 2.72. The van der Waals surface area contributed by atoms with Crippen molar-refractivity contribution >= 4 is 23.1 Å². The SMILES string of the molecule is O=c1c2cc(F)ccc2nc(NC2C=NC=CC2)n1C1(c2ccccc2)CNC1. The van der Waals surface area contributed by atoms with Gasteiger partial charge in [-0.05, 0) is 30.2 Å². The average molecular weight is 389 g/mol. The van der Waals surface area contributed by atoms with E-state index in [9.17, 15) is 9.18 Å². The topological polar surface area (TPSA) is 71.3 Å². The molecule has 0 amide bonds. The van der Waals surface area contributed by atoms with Crippen LogP contribution in [-0.2, 0) is 5.54 Å². The van der Waals surface area contributed by atoms with Crippen molar-refractivity contribution in [2.45, 2.75) is 18.0 Å². The Bertz CT molecular complexity index is 1180. The van der Waals surface area contributed by atoms with E-state index in [0.717, 1.165) is 12.0 Å². The van der Waals surface area contributed by atoms with E-state index in [-0.39, 0.29) is 17.0 Å². The highest BCUT2D eigenvalue weighted by atomic mass is 19.1. The largest absolute Gasteiger partial charge is 0.347 e. The maximum atomic E-state index is 13.9. The van der Waals surface area contributed by atoms with Crippen LogP contribution in [0.4, 0.5) is 10.3 Å². The van der Waals surface area contributed by atoms with Crippen LogP contribution in [0.3, 0.4) is 0 Å². The molecule has 0 aliphatic carbocycles. The van der Waals surface area contributed by atoms with E-state index in [4.69, 9.17) is 4.98 Å². The van der Waals surface area contributed by atoms with Gasteiger partial charge in [0.05, 0.1) is 16.9 Å². The number of aliphatic imine (C=N–C) groups is 1. The van der Waals surface area contributed by atoms with E-state index in [0.29, 0.717) is 24.6 Å². The maximum absolute atomic E-state index is 13.9. The minimum absolute atomic E-state index is 0.0723. The van der Waals surface area contributed by atoms with Crippen LogP contribution >= 0.6 is 0 Å². The van der Waals surface area contributed by atoms with Gasteiger partial charge >= 0.3 is 0 Å². The summed E-state index contributed by atoms with van der Waals surface area (Å²) in [4.78, 5) is 22.5. The lowest BCUT2D eigenvalue weighted by Crippen LogP contribution is -2.64. The Morgan fingerprint density at radius 2 is 2.00 bits per heavy atom. The third-order valence-corrected chi connectivity index (χ3v) is 5.57. The molecule has 0 bridgehead atoms. The first-order valence-corrected chi connectivity index (χ1v) is 9.61. The van der Waals surface area contributed by atoms with Gasteiger partial charge in [-0.15, -0.1) is 0 Å². The van der Waals surface area contributed by atoms with E-state index in [1.165, 1.54) is 12.1 Å². The van der Waals surface area contributed by atoms with E-state index < -0.39 is 11.4 Å². The van der Waals surface area contributed by atoms with E-state index in [2.05, 4.69) is 15.6 Å². The van der Waals surface area contributed by atoms with Gasteiger partial charge in [0, 0.05) is 25.5 Å². The summed E-state index contributed by atoms with van der Waals surface area (Å²) >= 11 is 0. The lowest BCUT2D eigenvalue weighted by atomic mass is 9.83. The van der Waals surface area contributed by atoms with Crippen LogP contribution in [0.2, 0.25) is 0 Å². The number of aromatic nitrogens is 2. The number of benzene rings is 2. The van der Waals surface area contributed by atoms with Gasteiger partial charge in [0.25, 0.3) is 5.56 Å². The zero-order chi connectivity index (χ0) is 19.8. The molecule has 2 aromatic carbocycles. The zero-order valence-corrected chi connectivity index (χ0v) is 15.7. The van der Waals surface area contributed by atoms with Gasteiger partial charge in [-0.25, -0.2) is 9.37 Å². The van der Waals surface area contributed by atoms with Crippen LogP contribution < -0.4 is 16.2 Å². The van der Waals surface area contributed by atoms with Gasteiger partial charge in [-0.2, -0.15) is 0 Å². The maximum Gasteiger partial charge on any atom is 0.263 e. The van der Waals surface area contributed by atoms with Crippen molar-refractivity contribution in [1.29, 1.82) is 0 Å². The number of rotatable bonds is 4. The molecule has 6 nitrogen and oxygen atoms in total. The Morgan fingerprint density at radius 1 is 1.17 bits per heavy atom. The van der Waals surface area contributed by atoms with Crippen LogP contribution in [0, 0.1) is 5.82 Å². The summed E-state index contributed by atoms with van der Waals surface area (Å²) in [5, 5.41) is 6.93. The predicted molar refractivity (Wildman–Crippen MR) is 112 cm³/mol. The summed E-state index contributed by atoms with van der Waals surface area (Å²) in [5.74, 6) is 0.0138. The smallest absolute Gasteiger partial charge is 0.263 e. The summed E-state index contributed by atoms with van der Waals surface area (Å²) in [7, 11) is 0. The Balaban J connectivity index is 1.74. The monoisotopic (exact) mass is 389 g/mol. The molecule has 1 saturated heterocycles. The third-order valence-electron chi connectivity index (χ3n) is 5.57. The molecule has 0 radical (unpaired) electrons. The standard InChI is InChI=1S/C22H20FN5O/c23-16-8-9-19-18(11-16)20(29)28(21(27-19)26-17-7-4-10-24-12-17)22(13-25-14-22)15-5-2-1-3-6-15/h1-6,8-12,17,25H,7,13-14H2,(H,26,27). The third kappa shape index (κ3) is 2.94. The summed E-state index contributed by atoms with van der Waals surface area (Å²) in [6.45, 7) is 1.18. The molecule has 1 fully saturated rings. The number of anilines is 1. The fourth-order valence-corrected chi connectivity index (χ4v) is 4.00. The number of hydrogen-bond acceptors (Lipinski definition) is 5. The summed E-state index contributed by atoms with van der Waals surface area (Å²) < 4.78 is 15.6. The summed E-state index contributed by atoms with van der Waals surface area (Å²) in [5.41, 5.74) is 0.633. The Morgan fingerprint density at radius 3 is 2.69 bits per heavy atom. The second-order valence-corrected chi connectivity index (χ2v) is 7.41. The van der Waals surface area contributed by atoms with Gasteiger partial charge in [-0.3, -0.25) is 14.4 Å². The molecule has 2 N–H and O–H groups in total. The van der Waals surface area contributed by atoms with E-state index >= 15 is 0 Å². The number of fused-ring (bicyclic) bond motifs is 1. The minimum Gasteiger partial charge on any atom is -0.347 e. The lowest BCUT2D eigenvalue weighted by molar-refractivity contribution is 0.225. The van der Waals surface area contributed by atoms with Crippen LogP contribution in [0.15, 0.2) is 70.6 Å². The van der Waals surface area contributed by atoms with E-state index in [1.807, 2.05) is 36.4 Å². The Labute approximate surface area is 166 Å². The quantitative estimate of drug-likeness (QED) is 0.720. The second kappa shape index (κ2) is 6.93. The highest BCUT2D eigenvalue weighted by Crippen LogP contribution is 2.32. The van der Waals surface area contributed by atoms with Gasteiger partial charge in [0.2, 0.25) is 5.95 Å². The highest BCUT2D eigenvalue weighted by Gasteiger charge is 2.43. The van der Waals surface area contributed by atoms with E-state index in [1.54, 1.807) is 23.0 Å². The first-order chi connectivity index (χ1) is 14.2. The molecule has 1 atom stereocenters. The fraction of sp³-hybridized carbons (Fsp3) is 0.227. The number of hydrogen-bond donors (Lipinski definition) is 2. The molecule has 0 spiro atoms. The minimum atomic E-state index is -0.587. The van der Waals surface area contributed by atoms with Gasteiger partial charge in [0.1, 0.15) is 11.4 Å². The molecule has 3 heterocycles. The molecular weight excluding hydrogens is 369 g/mol. The van der Waals surface area contributed by atoms with Crippen molar-refractivity contribution in [2.24, 2.45) is 4.99 Å². The van der Waals surface area contributed by atoms with Crippen molar-refractivity contribution in [3.63, 3.8) is 0 Å². The van der Waals surface area contributed by atoms with Crippen molar-refractivity contribution in [3.05, 3.63) is 82.5 Å². The molecule has 3 aromatic rings. The molecule has 2 aliphatic heterocycles. The second-order valence-electron chi connectivity index (χ2n) is 7.41. The number of halogens is 1. The lowest BCUT2D eigenvalue weighted by Gasteiger charge is -2.45. The fourth-order valence-electron chi connectivity index (χ4n) is 4.00. The molecule has 7 heteroatoms. The van der Waals surface area contributed by atoms with Crippen LogP contribution in [-0.4, -0.2) is 34.9 Å². The first kappa shape index (κ1) is 17.8. The molecule has 5 rings (SSSR count). The Kier molecular flexibility index (Phi) is 4.24. The number of nitrogens with zero attached hydrogens (tertiary/aromatic N) is 3. The van der Waals surface area contributed by atoms with Gasteiger partial charge < -0.3 is 10.6 Å². The molecule has 29 heavy (non-hydrogen) atoms. The normalized spacial score (nSPS) is 19.8. The highest BCUT2D eigenvalue weighted by molar-refractivity contribution is 5.79. The molecule has 1 unspecified atom stereocenters. The molecule has 1 aromatic heterocycles. The summed E-state index contributed by atoms with van der Waals surface area (Å²) in [6.07, 6.45) is 6.27. The van der Waals surface area contributed by atoms with Crippen LogP contribution in [0.5, 0.6) is 0 Å². The first-order valence-electron chi connectivity index (χ1n) is 9.61. The van der Waals surface area contributed by atoms with Gasteiger partial charge in [0.15, 0.2) is 0 Å². The van der Waals surface area contributed by atoms with Crippen LogP contribution in [0.25, 0.3) is 10.9 Å². The summed E-state index contributed by atoms with van der Waals surface area (Å²) in [6, 6.07) is 14.0. The molecule has 2 aliphatic rings. The van der Waals surface area contributed by atoms with Crippen molar-refractivity contribution in [1.82, 2.24) is 14.9 Å². The van der Waals surface area contributed by atoms with Crippen molar-refractivity contribution < 1.29 is 4.39 Å². The molecular formula is C22H20FN5O. The van der Waals surface area contributed by atoms with Crippen molar-refractivity contribution in [3.8, 4) is 0 Å². The van der Waals surface area contributed by atoms with Crippen LogP contribution in [0.1, 0.15) is 12.0 Å².